The Hall–Kier alpha value is -3.73. The lowest BCUT2D eigenvalue weighted by atomic mass is 10.1. The fourth-order valence-corrected chi connectivity index (χ4v) is 2.80. The van der Waals surface area contributed by atoms with Crippen LogP contribution in [0, 0.1) is 28.4 Å². The van der Waals surface area contributed by atoms with Crippen molar-refractivity contribution in [3.63, 3.8) is 0 Å². The topological polar surface area (TPSA) is 110 Å². The first-order chi connectivity index (χ1) is 13.2. The fraction of sp³-hybridized carbons (Fsp3) is 0.250. The molecule has 0 aliphatic carbocycles. The van der Waals surface area contributed by atoms with E-state index in [2.05, 4.69) is 21.5 Å². The van der Waals surface area contributed by atoms with Crippen LogP contribution in [0.15, 0.2) is 42.5 Å². The van der Waals surface area contributed by atoms with E-state index in [1.165, 1.54) is 12.1 Å². The van der Waals surface area contributed by atoms with Crippen LogP contribution in [0.4, 0.5) is 17.3 Å². The second-order valence-electron chi connectivity index (χ2n) is 7.36. The molecule has 2 heterocycles. The third-order valence-corrected chi connectivity index (χ3v) is 4.12. The SMILES string of the molecule is Cc1cccc(Nc2c(C#N)c(-c3ccc([N+](=O)[O-])cc3)nn2C(C)(C)C)n1. The summed E-state index contributed by atoms with van der Waals surface area (Å²) in [6.07, 6.45) is 0. The minimum Gasteiger partial charge on any atom is -0.324 e. The highest BCUT2D eigenvalue weighted by atomic mass is 16.6. The molecule has 0 fully saturated rings. The van der Waals surface area contributed by atoms with E-state index in [0.717, 1.165) is 5.69 Å². The number of nitro benzene ring substituents is 1. The van der Waals surface area contributed by atoms with E-state index in [1.54, 1.807) is 16.8 Å². The first kappa shape index (κ1) is 19.0. The van der Waals surface area contributed by atoms with Crippen LogP contribution < -0.4 is 5.32 Å². The van der Waals surface area contributed by atoms with Crippen molar-refractivity contribution in [3.05, 3.63) is 63.8 Å². The van der Waals surface area contributed by atoms with Gasteiger partial charge in [-0.2, -0.15) is 10.4 Å². The number of hydrogen-bond acceptors (Lipinski definition) is 6. The van der Waals surface area contributed by atoms with Gasteiger partial charge >= 0.3 is 0 Å². The van der Waals surface area contributed by atoms with Crippen molar-refractivity contribution < 1.29 is 4.92 Å². The van der Waals surface area contributed by atoms with Gasteiger partial charge in [-0.3, -0.25) is 10.1 Å². The molecule has 28 heavy (non-hydrogen) atoms. The van der Waals surface area contributed by atoms with Crippen LogP contribution in [0.1, 0.15) is 32.0 Å². The Morgan fingerprint density at radius 1 is 1.18 bits per heavy atom. The van der Waals surface area contributed by atoms with Gasteiger partial charge < -0.3 is 5.32 Å². The number of aryl methyl sites for hydroxylation is 1. The van der Waals surface area contributed by atoms with Gasteiger partial charge in [0, 0.05) is 23.4 Å². The molecular weight excluding hydrogens is 356 g/mol. The van der Waals surface area contributed by atoms with Gasteiger partial charge in [0.05, 0.1) is 10.5 Å². The maximum atomic E-state index is 10.9. The zero-order chi connectivity index (χ0) is 20.5. The molecule has 0 unspecified atom stereocenters. The third kappa shape index (κ3) is 3.69. The molecular formula is C20H20N6O2. The van der Waals surface area contributed by atoms with E-state index < -0.39 is 10.5 Å². The highest BCUT2D eigenvalue weighted by Gasteiger charge is 2.26. The summed E-state index contributed by atoms with van der Waals surface area (Å²) in [6, 6.07) is 13.8. The van der Waals surface area contributed by atoms with Gasteiger partial charge in [-0.15, -0.1) is 0 Å². The second-order valence-corrected chi connectivity index (χ2v) is 7.36. The van der Waals surface area contributed by atoms with Crippen LogP contribution >= 0.6 is 0 Å². The van der Waals surface area contributed by atoms with E-state index >= 15 is 0 Å². The molecule has 1 aromatic carbocycles. The van der Waals surface area contributed by atoms with E-state index in [9.17, 15) is 15.4 Å². The number of hydrogen-bond donors (Lipinski definition) is 1. The van der Waals surface area contributed by atoms with Gasteiger partial charge in [0.2, 0.25) is 0 Å². The molecule has 8 nitrogen and oxygen atoms in total. The van der Waals surface area contributed by atoms with Crippen molar-refractivity contribution >= 4 is 17.3 Å². The first-order valence-electron chi connectivity index (χ1n) is 8.70. The molecule has 0 amide bonds. The van der Waals surface area contributed by atoms with Gasteiger partial charge in [0.25, 0.3) is 5.69 Å². The molecule has 0 atom stereocenters. The lowest BCUT2D eigenvalue weighted by Gasteiger charge is -2.22. The molecule has 8 heteroatoms. The Morgan fingerprint density at radius 2 is 1.86 bits per heavy atom. The van der Waals surface area contributed by atoms with Crippen LogP contribution in [-0.4, -0.2) is 19.7 Å². The summed E-state index contributed by atoms with van der Waals surface area (Å²) in [5.74, 6) is 1.14. The predicted molar refractivity (Wildman–Crippen MR) is 106 cm³/mol. The van der Waals surface area contributed by atoms with Crippen LogP contribution in [0.3, 0.4) is 0 Å². The van der Waals surface area contributed by atoms with Gasteiger partial charge in [-0.25, -0.2) is 9.67 Å². The standard InChI is InChI=1S/C20H20N6O2/c1-13-6-5-7-17(22-13)23-19-16(12-21)18(24-25(19)20(2,3)4)14-8-10-15(11-9-14)26(27)28/h5-11H,1-4H3,(H,22,23). The number of anilines is 2. The average Bonchev–Trinajstić information content (AvgIpc) is 3.00. The number of pyridine rings is 1. The van der Waals surface area contributed by atoms with Crippen molar-refractivity contribution in [3.8, 4) is 17.3 Å². The number of benzene rings is 1. The molecule has 3 rings (SSSR count). The molecule has 0 saturated heterocycles. The van der Waals surface area contributed by atoms with Gasteiger partial charge in [-0.05, 0) is 52.0 Å². The number of nitriles is 1. The highest BCUT2D eigenvalue weighted by Crippen LogP contribution is 2.34. The Morgan fingerprint density at radius 3 is 2.39 bits per heavy atom. The second kappa shape index (κ2) is 7.12. The van der Waals surface area contributed by atoms with Crippen LogP contribution in [0.25, 0.3) is 11.3 Å². The molecule has 0 aliphatic heterocycles. The third-order valence-electron chi connectivity index (χ3n) is 4.12. The smallest absolute Gasteiger partial charge is 0.269 e. The molecule has 3 aromatic rings. The summed E-state index contributed by atoms with van der Waals surface area (Å²) in [6.45, 7) is 7.83. The fourth-order valence-electron chi connectivity index (χ4n) is 2.80. The van der Waals surface area contributed by atoms with Crippen molar-refractivity contribution in [1.82, 2.24) is 14.8 Å². The molecule has 0 saturated carbocycles. The number of nitrogens with one attached hydrogen (secondary N) is 1. The number of nitrogens with zero attached hydrogens (tertiary/aromatic N) is 5. The highest BCUT2D eigenvalue weighted by molar-refractivity contribution is 5.76. The Labute approximate surface area is 162 Å². The minimum absolute atomic E-state index is 0.0141. The predicted octanol–water partition coefficient (Wildman–Crippen LogP) is 4.53. The summed E-state index contributed by atoms with van der Waals surface area (Å²) in [7, 11) is 0. The Bertz CT molecular complexity index is 1070. The number of aromatic nitrogens is 3. The average molecular weight is 376 g/mol. The lowest BCUT2D eigenvalue weighted by Crippen LogP contribution is -2.24. The summed E-state index contributed by atoms with van der Waals surface area (Å²) < 4.78 is 1.74. The van der Waals surface area contributed by atoms with Crippen molar-refractivity contribution in [2.45, 2.75) is 33.2 Å². The number of rotatable bonds is 4. The van der Waals surface area contributed by atoms with Crippen LogP contribution in [-0.2, 0) is 5.54 Å². The lowest BCUT2D eigenvalue weighted by molar-refractivity contribution is -0.384. The zero-order valence-electron chi connectivity index (χ0n) is 16.1. The monoisotopic (exact) mass is 376 g/mol. The van der Waals surface area contributed by atoms with Crippen LogP contribution in [0.5, 0.6) is 0 Å². The molecule has 0 radical (unpaired) electrons. The Balaban J connectivity index is 2.15. The van der Waals surface area contributed by atoms with E-state index in [4.69, 9.17) is 0 Å². The minimum atomic E-state index is -0.459. The Kier molecular flexibility index (Phi) is 4.84. The quantitative estimate of drug-likeness (QED) is 0.529. The first-order valence-corrected chi connectivity index (χ1v) is 8.70. The maximum absolute atomic E-state index is 10.9. The molecule has 0 spiro atoms. The summed E-state index contributed by atoms with van der Waals surface area (Å²) >= 11 is 0. The molecule has 142 valence electrons. The molecule has 0 bridgehead atoms. The van der Waals surface area contributed by atoms with Crippen molar-refractivity contribution in [1.29, 1.82) is 5.26 Å². The number of non-ortho nitro benzene ring substituents is 1. The van der Waals surface area contributed by atoms with Gasteiger partial charge in [-0.1, -0.05) is 6.07 Å². The van der Waals surface area contributed by atoms with Gasteiger partial charge in [0.1, 0.15) is 29.0 Å². The van der Waals surface area contributed by atoms with Crippen molar-refractivity contribution in [2.75, 3.05) is 5.32 Å². The van der Waals surface area contributed by atoms with E-state index in [0.29, 0.717) is 28.5 Å². The van der Waals surface area contributed by atoms with Crippen LogP contribution in [0.2, 0.25) is 0 Å². The van der Waals surface area contributed by atoms with Gasteiger partial charge in [0.15, 0.2) is 0 Å². The zero-order valence-corrected chi connectivity index (χ0v) is 16.1. The normalized spacial score (nSPS) is 11.1. The molecule has 1 N–H and O–H groups in total. The molecule has 0 aliphatic rings. The summed E-state index contributed by atoms with van der Waals surface area (Å²) in [5.41, 5.74) is 1.87. The van der Waals surface area contributed by atoms with Crippen molar-refractivity contribution in [2.24, 2.45) is 0 Å². The maximum Gasteiger partial charge on any atom is 0.269 e. The summed E-state index contributed by atoms with van der Waals surface area (Å²) in [4.78, 5) is 14.9. The summed E-state index contributed by atoms with van der Waals surface area (Å²) in [5, 5.41) is 28.6. The number of nitro groups is 1. The largest absolute Gasteiger partial charge is 0.324 e. The molecule has 2 aromatic heterocycles. The van der Waals surface area contributed by atoms with E-state index in [-0.39, 0.29) is 5.69 Å². The van der Waals surface area contributed by atoms with E-state index in [1.807, 2.05) is 45.9 Å².